The monoisotopic (exact) mass is 281 g/mol. The zero-order valence-corrected chi connectivity index (χ0v) is 13.3. The van der Waals surface area contributed by atoms with Gasteiger partial charge < -0.3 is 14.6 Å². The maximum atomic E-state index is 11.8. The standard InChI is InChI=1S/C9H20B4NO4P/c1-19-14-4-7(17-2-3-18-7)5(6(15)16)8(10,11)9(14,12)13/h5,19H,2-4,10-13H2,1H3,(H,15,16). The van der Waals surface area contributed by atoms with Crippen molar-refractivity contribution in [1.82, 2.24) is 4.67 Å². The Morgan fingerprint density at radius 1 is 1.32 bits per heavy atom. The minimum atomic E-state index is -0.992. The van der Waals surface area contributed by atoms with Gasteiger partial charge in [-0.2, -0.15) is 0 Å². The predicted molar refractivity (Wildman–Crippen MR) is 86.3 cm³/mol. The SMILES string of the molecule is BC1(B)C(C(=O)O)C2(CN(PC)C1(B)B)OCCO2. The molecule has 2 rings (SSSR count). The average Bonchev–Trinajstić information content (AvgIpc) is 2.72. The van der Waals surface area contributed by atoms with Gasteiger partial charge in [-0.15, -0.1) is 0 Å². The topological polar surface area (TPSA) is 59.0 Å². The first kappa shape index (κ1) is 15.4. The molecule has 1 spiro atoms. The molecule has 19 heavy (non-hydrogen) atoms. The van der Waals surface area contributed by atoms with E-state index in [1.54, 1.807) is 0 Å². The summed E-state index contributed by atoms with van der Waals surface area (Å²) in [7, 11) is 8.82. The smallest absolute Gasteiger partial charge is 0.311 e. The first-order valence-electron chi connectivity index (χ1n) is 6.65. The molecule has 2 unspecified atom stereocenters. The fourth-order valence-corrected chi connectivity index (χ4v) is 4.57. The van der Waals surface area contributed by atoms with E-state index in [0.717, 1.165) is 0 Å². The van der Waals surface area contributed by atoms with Crippen molar-refractivity contribution in [2.24, 2.45) is 5.92 Å². The maximum absolute atomic E-state index is 11.8. The first-order chi connectivity index (χ1) is 8.69. The number of aliphatic carboxylic acids is 1. The molecule has 2 heterocycles. The Labute approximate surface area is 119 Å². The van der Waals surface area contributed by atoms with Crippen molar-refractivity contribution in [3.8, 4) is 0 Å². The molecule has 102 valence electrons. The predicted octanol–water partition coefficient (Wildman–Crippen LogP) is -3.73. The molecular formula is C9H20B4NO4P. The van der Waals surface area contributed by atoms with Gasteiger partial charge in [-0.05, 0) is 12.0 Å². The van der Waals surface area contributed by atoms with Crippen LogP contribution in [0.1, 0.15) is 0 Å². The highest BCUT2D eigenvalue weighted by atomic mass is 31.1. The summed E-state index contributed by atoms with van der Waals surface area (Å²) in [5, 5.41) is 9.04. The van der Waals surface area contributed by atoms with Crippen LogP contribution in [0, 0.1) is 5.92 Å². The fraction of sp³-hybridized carbons (Fsp3) is 0.889. The van der Waals surface area contributed by atoms with Crippen molar-refractivity contribution in [2.75, 3.05) is 26.4 Å². The normalized spacial score (nSPS) is 33.0. The third-order valence-electron chi connectivity index (χ3n) is 5.08. The lowest BCUT2D eigenvalue weighted by atomic mass is 9.28. The molecule has 0 aromatic heterocycles. The molecule has 0 aliphatic carbocycles. The molecule has 0 aromatic carbocycles. The maximum Gasteiger partial charge on any atom is 0.311 e. The third-order valence-corrected chi connectivity index (χ3v) is 6.34. The second-order valence-electron chi connectivity index (χ2n) is 6.37. The second kappa shape index (κ2) is 4.80. The first-order valence-corrected chi connectivity index (χ1v) is 8.09. The van der Waals surface area contributed by atoms with E-state index in [1.165, 1.54) is 0 Å². The number of carboxylic acid groups (broad SMARTS) is 1. The molecular weight excluding hydrogens is 260 g/mol. The number of piperidine rings is 1. The van der Waals surface area contributed by atoms with Crippen molar-refractivity contribution < 1.29 is 19.4 Å². The lowest BCUT2D eigenvalue weighted by Crippen LogP contribution is -2.72. The van der Waals surface area contributed by atoms with Gasteiger partial charge in [0.15, 0.2) is 5.79 Å². The average molecular weight is 280 g/mol. The van der Waals surface area contributed by atoms with Crippen LogP contribution in [-0.2, 0) is 14.3 Å². The van der Waals surface area contributed by atoms with E-state index in [0.29, 0.717) is 28.5 Å². The van der Waals surface area contributed by atoms with E-state index in [1.807, 2.05) is 15.7 Å². The Kier molecular flexibility index (Phi) is 3.90. The highest BCUT2D eigenvalue weighted by Gasteiger charge is 2.64. The molecule has 5 nitrogen and oxygen atoms in total. The van der Waals surface area contributed by atoms with Crippen molar-refractivity contribution in [3.63, 3.8) is 0 Å². The van der Waals surface area contributed by atoms with E-state index >= 15 is 0 Å². The van der Waals surface area contributed by atoms with Gasteiger partial charge >= 0.3 is 5.97 Å². The van der Waals surface area contributed by atoms with Gasteiger partial charge in [-0.3, -0.25) is 9.46 Å². The van der Waals surface area contributed by atoms with Gasteiger partial charge in [0, 0.05) is 0 Å². The lowest BCUT2D eigenvalue weighted by molar-refractivity contribution is -0.228. The zero-order chi connectivity index (χ0) is 14.5. The summed E-state index contributed by atoms with van der Waals surface area (Å²) < 4.78 is 13.8. The summed E-state index contributed by atoms with van der Waals surface area (Å²) in [5.74, 6) is -2.49. The molecule has 0 bridgehead atoms. The van der Waals surface area contributed by atoms with Gasteiger partial charge in [0.25, 0.3) is 0 Å². The molecule has 0 amide bonds. The summed E-state index contributed by atoms with van der Waals surface area (Å²) in [6.45, 7) is 3.58. The summed E-state index contributed by atoms with van der Waals surface area (Å²) >= 11 is 0. The van der Waals surface area contributed by atoms with Crippen LogP contribution >= 0.6 is 8.73 Å². The number of carbonyl (C=O) groups is 1. The van der Waals surface area contributed by atoms with Crippen LogP contribution in [0.15, 0.2) is 0 Å². The van der Waals surface area contributed by atoms with Crippen molar-refractivity contribution in [1.29, 1.82) is 0 Å². The van der Waals surface area contributed by atoms with Crippen molar-refractivity contribution in [2.45, 2.75) is 16.3 Å². The molecule has 2 aliphatic heterocycles. The van der Waals surface area contributed by atoms with Gasteiger partial charge in [0.1, 0.15) is 37.3 Å². The number of ether oxygens (including phenoxy) is 2. The Bertz CT molecular complexity index is 386. The number of hydrogen-bond donors (Lipinski definition) is 1. The van der Waals surface area contributed by atoms with Gasteiger partial charge in [0.05, 0.1) is 19.8 Å². The quantitative estimate of drug-likeness (QED) is 0.416. The van der Waals surface area contributed by atoms with Crippen molar-refractivity contribution >= 4 is 46.1 Å². The molecule has 10 heteroatoms. The Morgan fingerprint density at radius 2 is 1.84 bits per heavy atom. The van der Waals surface area contributed by atoms with Gasteiger partial charge in [0.2, 0.25) is 0 Å². The number of rotatable bonds is 2. The molecule has 0 radical (unpaired) electrons. The Hall–Kier alpha value is 0.0397. The van der Waals surface area contributed by atoms with Crippen LogP contribution < -0.4 is 0 Å². The van der Waals surface area contributed by atoms with Gasteiger partial charge in [-0.25, -0.2) is 0 Å². The number of hydrogen-bond acceptors (Lipinski definition) is 4. The minimum Gasteiger partial charge on any atom is -0.481 e. The van der Waals surface area contributed by atoms with Crippen LogP contribution in [0.3, 0.4) is 0 Å². The van der Waals surface area contributed by atoms with E-state index in [2.05, 4.69) is 27.0 Å². The molecule has 2 aliphatic rings. The number of nitrogens with zero attached hydrogens (tertiary/aromatic N) is 1. The van der Waals surface area contributed by atoms with Crippen LogP contribution in [0.25, 0.3) is 0 Å². The summed E-state index contributed by atoms with van der Waals surface area (Å²) in [5.41, 5.74) is 0. The Morgan fingerprint density at radius 3 is 2.26 bits per heavy atom. The molecule has 2 atom stereocenters. The van der Waals surface area contributed by atoms with Crippen LogP contribution in [0.4, 0.5) is 0 Å². The number of carboxylic acids is 1. The zero-order valence-electron chi connectivity index (χ0n) is 12.3. The molecule has 1 N–H and O–H groups in total. The lowest BCUT2D eigenvalue weighted by Gasteiger charge is -2.61. The largest absolute Gasteiger partial charge is 0.481 e. The van der Waals surface area contributed by atoms with Crippen LogP contribution in [0.2, 0.25) is 5.21 Å². The molecule has 0 saturated carbocycles. The van der Waals surface area contributed by atoms with E-state index in [-0.39, 0.29) is 5.34 Å². The van der Waals surface area contributed by atoms with Crippen LogP contribution in [0.5, 0.6) is 0 Å². The highest BCUT2D eigenvalue weighted by molar-refractivity contribution is 7.34. The van der Waals surface area contributed by atoms with Gasteiger partial charge in [-0.1, -0.05) is 13.9 Å². The summed E-state index contributed by atoms with van der Waals surface area (Å²) in [6, 6.07) is 0. The second-order valence-corrected chi connectivity index (χ2v) is 7.36. The fourth-order valence-electron chi connectivity index (χ4n) is 3.34. The molecule has 2 fully saturated rings. The third kappa shape index (κ3) is 2.10. The summed E-state index contributed by atoms with van der Waals surface area (Å²) in [4.78, 5) is 11.8. The van der Waals surface area contributed by atoms with Crippen molar-refractivity contribution in [3.05, 3.63) is 0 Å². The van der Waals surface area contributed by atoms with E-state index in [9.17, 15) is 9.90 Å². The Balaban J connectivity index is 2.50. The van der Waals surface area contributed by atoms with E-state index in [4.69, 9.17) is 9.47 Å². The minimum absolute atomic E-state index is 0.218. The molecule has 0 aromatic rings. The summed E-state index contributed by atoms with van der Waals surface area (Å²) in [6.07, 6.45) is 0. The molecule has 2 saturated heterocycles. The highest BCUT2D eigenvalue weighted by Crippen LogP contribution is 2.55. The van der Waals surface area contributed by atoms with E-state index < -0.39 is 22.9 Å². The van der Waals surface area contributed by atoms with Crippen LogP contribution in [-0.4, -0.2) is 84.7 Å².